The van der Waals surface area contributed by atoms with E-state index < -0.39 is 0 Å². The van der Waals surface area contributed by atoms with Crippen molar-refractivity contribution >= 4 is 0 Å². The van der Waals surface area contributed by atoms with Crippen molar-refractivity contribution in [2.45, 2.75) is 121 Å². The summed E-state index contributed by atoms with van der Waals surface area (Å²) < 4.78 is 4.83. The van der Waals surface area contributed by atoms with E-state index in [4.69, 9.17) is 4.74 Å². The fourth-order valence-corrected chi connectivity index (χ4v) is 2.37. The Morgan fingerprint density at radius 2 is 0.857 bits per heavy atom. The summed E-state index contributed by atoms with van der Waals surface area (Å²) >= 11 is 0. The van der Waals surface area contributed by atoms with Crippen LogP contribution in [0.25, 0.3) is 0 Å². The molecular formula is C30H74N4O. The van der Waals surface area contributed by atoms with Gasteiger partial charge in [-0.2, -0.15) is 0 Å². The van der Waals surface area contributed by atoms with Gasteiger partial charge in [-0.15, -0.1) is 0 Å². The zero-order valence-corrected chi connectivity index (χ0v) is 27.0. The van der Waals surface area contributed by atoms with Crippen LogP contribution in [-0.4, -0.2) is 89.5 Å². The summed E-state index contributed by atoms with van der Waals surface area (Å²) in [6.45, 7) is 32.6. The smallest absolute Gasteiger partial charge is 0.0437 e. The molecule has 0 atom stereocenters. The van der Waals surface area contributed by atoms with Crippen molar-refractivity contribution in [3.8, 4) is 0 Å². The van der Waals surface area contributed by atoms with E-state index in [0.717, 1.165) is 39.4 Å². The number of unbranched alkanes of at least 4 members (excludes halogenated alkanes) is 4. The molecule has 0 bridgehead atoms. The van der Waals surface area contributed by atoms with E-state index in [9.17, 15) is 0 Å². The largest absolute Gasteiger partial charge is 0.382 e. The summed E-state index contributed by atoms with van der Waals surface area (Å²) in [4.78, 5) is 4.67. The van der Waals surface area contributed by atoms with E-state index in [-0.39, 0.29) is 0 Å². The second kappa shape index (κ2) is 50.6. The molecule has 0 amide bonds. The van der Waals surface area contributed by atoms with Crippen molar-refractivity contribution in [2.75, 3.05) is 79.7 Å². The average molecular weight is 507 g/mol. The normalized spacial score (nSPS) is 9.77. The highest BCUT2D eigenvalue weighted by Crippen LogP contribution is 1.94. The minimum atomic E-state index is 0.844. The van der Waals surface area contributed by atoms with Crippen LogP contribution in [0.5, 0.6) is 0 Å². The van der Waals surface area contributed by atoms with Crippen molar-refractivity contribution < 1.29 is 4.74 Å². The molecule has 0 rings (SSSR count). The molecule has 0 saturated carbocycles. The summed E-state index contributed by atoms with van der Waals surface area (Å²) in [6, 6.07) is 0. The van der Waals surface area contributed by atoms with E-state index in [0.29, 0.717) is 0 Å². The van der Waals surface area contributed by atoms with E-state index in [1.807, 2.05) is 13.8 Å². The molecule has 220 valence electrons. The number of hydrogen-bond acceptors (Lipinski definition) is 5. The third-order valence-electron chi connectivity index (χ3n) is 5.19. The standard InChI is InChI=1S/C9H21N.C8H19N.C5H13N.C4H11N.C4H10O/c1-4-6-8-10(3)9-7-5-2;1-3-5-7-9-8-6-4-2;1-4-6(3)5-2;2*1-3-5-4-2/h4-9H2,1-3H3;9H,3-8H2,1-2H3;4-5H2,1-3H3;5H,3-4H2,1-2H3;3-4H2,1-2H3. The van der Waals surface area contributed by atoms with Gasteiger partial charge in [0.1, 0.15) is 0 Å². The van der Waals surface area contributed by atoms with E-state index >= 15 is 0 Å². The molecule has 0 aromatic rings. The topological polar surface area (TPSA) is 39.8 Å². The van der Waals surface area contributed by atoms with Crippen LogP contribution in [0.3, 0.4) is 0 Å². The van der Waals surface area contributed by atoms with E-state index in [2.05, 4.69) is 89.9 Å². The second-order valence-corrected chi connectivity index (χ2v) is 8.69. The molecule has 5 nitrogen and oxygen atoms in total. The molecule has 0 heterocycles. The van der Waals surface area contributed by atoms with E-state index in [1.54, 1.807) is 0 Å². The van der Waals surface area contributed by atoms with Crippen LogP contribution in [0, 0.1) is 0 Å². The van der Waals surface area contributed by atoms with Gasteiger partial charge in [-0.1, -0.05) is 81.1 Å². The number of nitrogens with zero attached hydrogens (tertiary/aromatic N) is 2. The lowest BCUT2D eigenvalue weighted by molar-refractivity contribution is 0.162. The van der Waals surface area contributed by atoms with Gasteiger partial charge in [-0.05, 0) is 106 Å². The molecule has 0 aromatic heterocycles. The Labute approximate surface area is 225 Å². The first-order valence-corrected chi connectivity index (χ1v) is 15.2. The fourth-order valence-electron chi connectivity index (χ4n) is 2.37. The maximum atomic E-state index is 4.83. The van der Waals surface area contributed by atoms with E-state index in [1.165, 1.54) is 77.5 Å². The lowest BCUT2D eigenvalue weighted by Crippen LogP contribution is -2.20. The van der Waals surface area contributed by atoms with Crippen LogP contribution < -0.4 is 10.6 Å². The number of nitrogens with one attached hydrogen (secondary N) is 2. The van der Waals surface area contributed by atoms with Crippen LogP contribution in [0.15, 0.2) is 0 Å². The van der Waals surface area contributed by atoms with Crippen LogP contribution in [-0.2, 0) is 4.74 Å². The molecule has 0 saturated heterocycles. The molecule has 0 unspecified atom stereocenters. The highest BCUT2D eigenvalue weighted by Gasteiger charge is 1.94. The summed E-state index contributed by atoms with van der Waals surface area (Å²) in [5, 5.41) is 6.50. The molecule has 0 aliphatic heterocycles. The van der Waals surface area contributed by atoms with Crippen molar-refractivity contribution in [2.24, 2.45) is 0 Å². The van der Waals surface area contributed by atoms with Crippen LogP contribution in [0.2, 0.25) is 0 Å². The van der Waals surface area contributed by atoms with Crippen LogP contribution in [0.1, 0.15) is 121 Å². The quantitative estimate of drug-likeness (QED) is 0.191. The van der Waals surface area contributed by atoms with Gasteiger partial charge in [0.15, 0.2) is 0 Å². The Bertz CT molecular complexity index is 253. The molecule has 0 fully saturated rings. The van der Waals surface area contributed by atoms with Gasteiger partial charge >= 0.3 is 0 Å². The van der Waals surface area contributed by atoms with Gasteiger partial charge < -0.3 is 25.2 Å². The second-order valence-electron chi connectivity index (χ2n) is 8.69. The number of rotatable bonds is 18. The number of ether oxygens (including phenoxy) is 1. The minimum Gasteiger partial charge on any atom is -0.382 e. The highest BCUT2D eigenvalue weighted by molar-refractivity contribution is 4.49. The minimum absolute atomic E-state index is 0.844. The first-order chi connectivity index (χ1) is 16.9. The van der Waals surface area contributed by atoms with Gasteiger partial charge in [-0.25, -0.2) is 0 Å². The molecule has 5 heteroatoms. The van der Waals surface area contributed by atoms with Crippen molar-refractivity contribution in [1.29, 1.82) is 0 Å². The Morgan fingerprint density at radius 3 is 1.03 bits per heavy atom. The summed E-state index contributed by atoms with van der Waals surface area (Å²) in [6.07, 6.45) is 10.6. The molecule has 35 heavy (non-hydrogen) atoms. The van der Waals surface area contributed by atoms with Crippen LogP contribution >= 0.6 is 0 Å². The summed E-state index contributed by atoms with van der Waals surface area (Å²) in [5.41, 5.74) is 0. The zero-order valence-electron chi connectivity index (χ0n) is 27.0. The molecule has 0 spiro atoms. The Hall–Kier alpha value is -0.200. The van der Waals surface area contributed by atoms with Gasteiger partial charge in [0.05, 0.1) is 0 Å². The third-order valence-corrected chi connectivity index (χ3v) is 5.19. The highest BCUT2D eigenvalue weighted by atomic mass is 16.5. The maximum Gasteiger partial charge on any atom is 0.0437 e. The lowest BCUT2D eigenvalue weighted by Gasteiger charge is -2.14. The molecule has 0 aliphatic carbocycles. The maximum absolute atomic E-state index is 4.83. The third kappa shape index (κ3) is 71.9. The Kier molecular flexibility index (Phi) is 64.8. The SMILES string of the molecule is CCCCN(C)CCCC.CCCCNCCCC.CCN(C)CC.CCNCC.CCOCC. The van der Waals surface area contributed by atoms with Gasteiger partial charge in [-0.3, -0.25) is 0 Å². The van der Waals surface area contributed by atoms with Crippen molar-refractivity contribution in [3.05, 3.63) is 0 Å². The fraction of sp³-hybridized carbons (Fsp3) is 1.00. The molecular weight excluding hydrogens is 432 g/mol. The van der Waals surface area contributed by atoms with Crippen molar-refractivity contribution in [1.82, 2.24) is 20.4 Å². The summed E-state index contributed by atoms with van der Waals surface area (Å²) in [5.74, 6) is 0. The predicted octanol–water partition coefficient (Wildman–Crippen LogP) is 7.31. The Morgan fingerprint density at radius 1 is 0.486 bits per heavy atom. The zero-order chi connectivity index (χ0) is 28.0. The van der Waals surface area contributed by atoms with Crippen molar-refractivity contribution in [3.63, 3.8) is 0 Å². The number of hydrogen-bond donors (Lipinski definition) is 2. The predicted molar refractivity (Wildman–Crippen MR) is 165 cm³/mol. The first kappa shape index (κ1) is 44.8. The Balaban J connectivity index is -0.000000111. The first-order valence-electron chi connectivity index (χ1n) is 15.2. The monoisotopic (exact) mass is 507 g/mol. The summed E-state index contributed by atoms with van der Waals surface area (Å²) in [7, 11) is 4.32. The molecule has 2 N–H and O–H groups in total. The molecule has 0 aromatic carbocycles. The van der Waals surface area contributed by atoms with Gasteiger partial charge in [0, 0.05) is 13.2 Å². The van der Waals surface area contributed by atoms with Gasteiger partial charge in [0.2, 0.25) is 0 Å². The molecule has 0 aliphatic rings. The average Bonchev–Trinajstić information content (AvgIpc) is 2.88. The van der Waals surface area contributed by atoms with Gasteiger partial charge in [0.25, 0.3) is 0 Å². The molecule has 0 radical (unpaired) electrons. The van der Waals surface area contributed by atoms with Crippen LogP contribution in [0.4, 0.5) is 0 Å². The lowest BCUT2D eigenvalue weighted by atomic mass is 10.3.